The number of aliphatic imine (C=N–C) groups is 1. The zero-order valence-electron chi connectivity index (χ0n) is 16.3. The van der Waals surface area contributed by atoms with Crippen molar-refractivity contribution in [2.24, 2.45) is 4.99 Å². The molecule has 0 spiro atoms. The topological polar surface area (TPSA) is 68.7 Å². The third-order valence-corrected chi connectivity index (χ3v) is 5.47. The molecule has 1 aliphatic heterocycles. The van der Waals surface area contributed by atoms with Gasteiger partial charge in [0.25, 0.3) is 0 Å². The lowest BCUT2D eigenvalue weighted by Gasteiger charge is -2.27. The van der Waals surface area contributed by atoms with E-state index in [0.29, 0.717) is 11.1 Å². The number of piperidine rings is 1. The minimum absolute atomic E-state index is 0.00190. The summed E-state index contributed by atoms with van der Waals surface area (Å²) in [5.41, 5.74) is 3.83. The van der Waals surface area contributed by atoms with Crippen LogP contribution >= 0.6 is 0 Å². The van der Waals surface area contributed by atoms with Gasteiger partial charge in [0.05, 0.1) is 17.3 Å². The fourth-order valence-electron chi connectivity index (χ4n) is 3.82. The van der Waals surface area contributed by atoms with Crippen molar-refractivity contribution >= 4 is 22.4 Å². The molecular weight excluding hydrogens is 350 g/mol. The lowest BCUT2D eigenvalue weighted by atomic mass is 9.98. The molecule has 0 bridgehead atoms. The van der Waals surface area contributed by atoms with Crippen LogP contribution in [0.25, 0.3) is 10.9 Å². The molecule has 5 nitrogen and oxygen atoms in total. The molecule has 1 saturated heterocycles. The highest BCUT2D eigenvalue weighted by molar-refractivity contribution is 6.21. The maximum atomic E-state index is 11.9. The SMILES string of the molecule is CC(=O)c1ccc2[nH]c(O)c(C(=NC3CCN(C)CC3)c3ccccc3)c2c1. The number of nitrogens with zero attached hydrogens (tertiary/aromatic N) is 2. The van der Waals surface area contributed by atoms with Gasteiger partial charge in [-0.25, -0.2) is 0 Å². The largest absolute Gasteiger partial charge is 0.494 e. The number of fused-ring (bicyclic) bond motifs is 1. The molecule has 144 valence electrons. The number of Topliss-reactive ketones (excluding diaryl/α,β-unsaturated/α-hetero) is 1. The van der Waals surface area contributed by atoms with Crippen LogP contribution in [0.2, 0.25) is 0 Å². The van der Waals surface area contributed by atoms with Gasteiger partial charge in [-0.2, -0.15) is 0 Å². The molecule has 0 radical (unpaired) electrons. The molecule has 0 saturated carbocycles. The number of hydrogen-bond donors (Lipinski definition) is 2. The number of rotatable bonds is 4. The molecule has 1 aromatic heterocycles. The second-order valence-electron chi connectivity index (χ2n) is 7.54. The maximum Gasteiger partial charge on any atom is 0.199 e. The molecule has 1 fully saturated rings. The van der Waals surface area contributed by atoms with Crippen molar-refractivity contribution in [1.82, 2.24) is 9.88 Å². The number of carbonyl (C=O) groups is 1. The number of ketones is 1. The summed E-state index contributed by atoms with van der Waals surface area (Å²) in [6, 6.07) is 15.6. The highest BCUT2D eigenvalue weighted by Gasteiger charge is 2.22. The normalized spacial score (nSPS) is 16.6. The Morgan fingerprint density at radius 3 is 2.50 bits per heavy atom. The second-order valence-corrected chi connectivity index (χ2v) is 7.54. The van der Waals surface area contributed by atoms with Crippen LogP contribution in [0.4, 0.5) is 0 Å². The number of aromatic amines is 1. The lowest BCUT2D eigenvalue weighted by molar-refractivity contribution is 0.101. The van der Waals surface area contributed by atoms with E-state index in [1.54, 1.807) is 13.0 Å². The van der Waals surface area contributed by atoms with Crippen molar-refractivity contribution in [1.29, 1.82) is 0 Å². The van der Waals surface area contributed by atoms with Crippen LogP contribution in [-0.2, 0) is 0 Å². The summed E-state index contributed by atoms with van der Waals surface area (Å²) >= 11 is 0. The van der Waals surface area contributed by atoms with Crippen LogP contribution in [0.3, 0.4) is 0 Å². The van der Waals surface area contributed by atoms with Gasteiger partial charge in [0.15, 0.2) is 11.7 Å². The number of hydrogen-bond acceptors (Lipinski definition) is 4. The highest BCUT2D eigenvalue weighted by Crippen LogP contribution is 2.32. The predicted octanol–water partition coefficient (Wildman–Crippen LogP) is 4.01. The molecule has 2 heterocycles. The van der Waals surface area contributed by atoms with E-state index >= 15 is 0 Å². The summed E-state index contributed by atoms with van der Waals surface area (Å²) in [5, 5.41) is 11.6. The summed E-state index contributed by atoms with van der Waals surface area (Å²) in [6.45, 7) is 3.59. The van der Waals surface area contributed by atoms with Crippen molar-refractivity contribution in [3.63, 3.8) is 0 Å². The maximum absolute atomic E-state index is 11.9. The van der Waals surface area contributed by atoms with E-state index in [9.17, 15) is 9.90 Å². The molecule has 4 rings (SSSR count). The Kier molecular flexibility index (Phi) is 5.01. The van der Waals surface area contributed by atoms with Gasteiger partial charge in [-0.05, 0) is 58.1 Å². The first-order chi connectivity index (χ1) is 13.5. The van der Waals surface area contributed by atoms with Crippen molar-refractivity contribution in [3.8, 4) is 5.88 Å². The molecular formula is C23H25N3O2. The van der Waals surface area contributed by atoms with E-state index in [-0.39, 0.29) is 17.7 Å². The van der Waals surface area contributed by atoms with Crippen LogP contribution in [0.5, 0.6) is 5.88 Å². The number of aromatic hydroxyl groups is 1. The number of H-pyrrole nitrogens is 1. The predicted molar refractivity (Wildman–Crippen MR) is 113 cm³/mol. The number of aromatic nitrogens is 1. The Morgan fingerprint density at radius 2 is 1.82 bits per heavy atom. The lowest BCUT2D eigenvalue weighted by Crippen LogP contribution is -2.32. The third kappa shape index (κ3) is 3.58. The average molecular weight is 375 g/mol. The van der Waals surface area contributed by atoms with Crippen molar-refractivity contribution in [2.75, 3.05) is 20.1 Å². The molecule has 0 amide bonds. The van der Waals surface area contributed by atoms with Crippen LogP contribution in [0.1, 0.15) is 41.3 Å². The van der Waals surface area contributed by atoms with E-state index in [2.05, 4.69) is 16.9 Å². The highest BCUT2D eigenvalue weighted by atomic mass is 16.3. The van der Waals surface area contributed by atoms with Crippen molar-refractivity contribution < 1.29 is 9.90 Å². The minimum atomic E-state index is 0.00190. The summed E-state index contributed by atoms with van der Waals surface area (Å²) in [6.07, 6.45) is 1.99. The molecule has 28 heavy (non-hydrogen) atoms. The summed E-state index contributed by atoms with van der Waals surface area (Å²) in [4.78, 5) is 22.3. The van der Waals surface area contributed by atoms with Gasteiger partial charge in [0, 0.05) is 22.0 Å². The number of nitrogens with one attached hydrogen (secondary N) is 1. The Hall–Kier alpha value is -2.92. The Balaban J connectivity index is 1.88. The Labute approximate surface area is 164 Å². The molecule has 0 atom stereocenters. The monoisotopic (exact) mass is 375 g/mol. The quantitative estimate of drug-likeness (QED) is 0.535. The van der Waals surface area contributed by atoms with Gasteiger partial charge in [0.1, 0.15) is 0 Å². The smallest absolute Gasteiger partial charge is 0.199 e. The number of likely N-dealkylation sites (tertiary alicyclic amines) is 1. The molecule has 1 aliphatic rings. The van der Waals surface area contributed by atoms with Crippen molar-refractivity contribution in [3.05, 3.63) is 65.2 Å². The van der Waals surface area contributed by atoms with Crippen LogP contribution in [-0.4, -0.2) is 52.7 Å². The third-order valence-electron chi connectivity index (χ3n) is 5.47. The van der Waals surface area contributed by atoms with E-state index in [1.807, 2.05) is 42.5 Å². The van der Waals surface area contributed by atoms with Gasteiger partial charge in [-0.1, -0.05) is 30.3 Å². The molecule has 2 N–H and O–H groups in total. The molecule has 0 aliphatic carbocycles. The fraction of sp³-hybridized carbons (Fsp3) is 0.304. The van der Waals surface area contributed by atoms with E-state index in [0.717, 1.165) is 48.1 Å². The van der Waals surface area contributed by atoms with Gasteiger partial charge in [-0.3, -0.25) is 9.79 Å². The molecule has 0 unspecified atom stereocenters. The number of carbonyl (C=O) groups excluding carboxylic acids is 1. The zero-order chi connectivity index (χ0) is 19.7. The summed E-state index contributed by atoms with van der Waals surface area (Å²) in [5.74, 6) is 0.0910. The minimum Gasteiger partial charge on any atom is -0.494 e. The zero-order valence-corrected chi connectivity index (χ0v) is 16.3. The second kappa shape index (κ2) is 7.60. The summed E-state index contributed by atoms with van der Waals surface area (Å²) < 4.78 is 0. The molecule has 2 aromatic carbocycles. The Morgan fingerprint density at radius 1 is 1.11 bits per heavy atom. The fourth-order valence-corrected chi connectivity index (χ4v) is 3.82. The van der Waals surface area contributed by atoms with Gasteiger partial charge < -0.3 is 15.0 Å². The van der Waals surface area contributed by atoms with Gasteiger partial charge >= 0.3 is 0 Å². The van der Waals surface area contributed by atoms with Crippen molar-refractivity contribution in [2.45, 2.75) is 25.8 Å². The Bertz CT molecular complexity index is 1030. The van der Waals surface area contributed by atoms with Crippen LogP contribution in [0, 0.1) is 0 Å². The standard InChI is InChI=1S/C23H25N3O2/c1-15(27)17-8-9-20-19(14-17)21(23(28)25-20)22(16-6-4-3-5-7-16)24-18-10-12-26(2)13-11-18/h3-9,14,18,25,28H,10-13H2,1-2H3. The van der Waals surface area contributed by atoms with E-state index < -0.39 is 0 Å². The number of benzene rings is 2. The first-order valence-electron chi connectivity index (χ1n) is 9.70. The van der Waals surface area contributed by atoms with Gasteiger partial charge in [-0.15, -0.1) is 0 Å². The average Bonchev–Trinajstić information content (AvgIpc) is 3.03. The first-order valence-corrected chi connectivity index (χ1v) is 9.70. The first kappa shape index (κ1) is 18.4. The molecule has 3 aromatic rings. The summed E-state index contributed by atoms with van der Waals surface area (Å²) in [7, 11) is 2.13. The van der Waals surface area contributed by atoms with E-state index in [1.165, 1.54) is 0 Å². The molecule has 5 heteroatoms. The van der Waals surface area contributed by atoms with Crippen LogP contribution < -0.4 is 0 Å². The van der Waals surface area contributed by atoms with E-state index in [4.69, 9.17) is 4.99 Å². The van der Waals surface area contributed by atoms with Crippen LogP contribution in [0.15, 0.2) is 53.5 Å². The van der Waals surface area contributed by atoms with Gasteiger partial charge in [0.2, 0.25) is 0 Å².